The average molecular weight is 660 g/mol. The number of carbonyl (C=O) groups excluding carboxylic acids is 2. The summed E-state index contributed by atoms with van der Waals surface area (Å²) in [6, 6.07) is 15.6. The number of hydrogen-bond acceptors (Lipinski definition) is 7. The van der Waals surface area contributed by atoms with E-state index in [4.69, 9.17) is 14.2 Å². The molecule has 2 saturated heterocycles. The molecule has 4 saturated carbocycles. The number of carbonyl (C=O) groups is 2. The van der Waals surface area contributed by atoms with Gasteiger partial charge in [-0.1, -0.05) is 48.5 Å². The van der Waals surface area contributed by atoms with Gasteiger partial charge < -0.3 is 30.0 Å². The fourth-order valence-electron chi connectivity index (χ4n) is 9.50. The Morgan fingerprint density at radius 3 is 2.15 bits per heavy atom. The molecule has 2 aliphatic heterocycles. The minimum absolute atomic E-state index is 0.00763. The number of esters is 1. The zero-order valence-electron chi connectivity index (χ0n) is 28.8. The molecule has 8 rings (SSSR count). The van der Waals surface area contributed by atoms with Crippen molar-refractivity contribution in [1.82, 2.24) is 15.5 Å². The highest BCUT2D eigenvalue weighted by Gasteiger charge is 2.51. The van der Waals surface area contributed by atoms with E-state index in [9.17, 15) is 14.7 Å². The molecule has 3 N–H and O–H groups in total. The lowest BCUT2D eigenvalue weighted by Crippen LogP contribution is -2.61. The van der Waals surface area contributed by atoms with Crippen LogP contribution in [0.3, 0.4) is 0 Å². The predicted octanol–water partition coefficient (Wildman–Crippen LogP) is 6.30. The van der Waals surface area contributed by atoms with Crippen LogP contribution in [0.5, 0.6) is 0 Å². The number of amides is 2. The molecule has 9 nitrogen and oxygen atoms in total. The first kappa shape index (κ1) is 33.5. The van der Waals surface area contributed by atoms with Crippen molar-refractivity contribution in [3.63, 3.8) is 0 Å². The molecule has 0 unspecified atom stereocenters. The van der Waals surface area contributed by atoms with Crippen LogP contribution >= 0.6 is 0 Å². The van der Waals surface area contributed by atoms with Crippen LogP contribution in [-0.4, -0.2) is 58.4 Å². The Kier molecular flexibility index (Phi) is 9.59. The van der Waals surface area contributed by atoms with E-state index in [2.05, 4.69) is 15.5 Å². The van der Waals surface area contributed by atoms with Gasteiger partial charge in [0, 0.05) is 30.6 Å². The van der Waals surface area contributed by atoms with Gasteiger partial charge in [-0.3, -0.25) is 9.69 Å². The number of likely N-dealkylation sites (tertiary alicyclic amines) is 1. The molecule has 6 aliphatic rings. The number of ether oxygens (including phenoxy) is 3. The summed E-state index contributed by atoms with van der Waals surface area (Å²) in [5.74, 6) is 2.19. The SMILES string of the molecule is CC(C)(C)OC(=O)[C@@H]1CCCN1C[C@@H]1C[C@H](c2ccc(CO)cc2)O[C@H](c2ccc(CNC(=O)NC34CC5CC(CC(C5)C3)C4)cc2)O1. The minimum atomic E-state index is -0.588. The van der Waals surface area contributed by atoms with Gasteiger partial charge in [-0.05, 0) is 113 Å². The molecule has 2 aromatic rings. The number of urea groups is 1. The lowest BCUT2D eigenvalue weighted by Gasteiger charge is -2.56. The monoisotopic (exact) mass is 659 g/mol. The molecule has 0 radical (unpaired) electrons. The Morgan fingerprint density at radius 2 is 1.52 bits per heavy atom. The number of nitrogens with zero attached hydrogens (tertiary/aromatic N) is 1. The number of benzene rings is 2. The van der Waals surface area contributed by atoms with Crippen molar-refractivity contribution in [3.8, 4) is 0 Å². The first-order chi connectivity index (χ1) is 23.0. The first-order valence-electron chi connectivity index (χ1n) is 18.2. The fourth-order valence-corrected chi connectivity index (χ4v) is 9.50. The Morgan fingerprint density at radius 1 is 0.896 bits per heavy atom. The number of aliphatic hydroxyl groups excluding tert-OH is 1. The van der Waals surface area contributed by atoms with Gasteiger partial charge in [0.2, 0.25) is 0 Å². The predicted molar refractivity (Wildman–Crippen MR) is 182 cm³/mol. The molecule has 2 amide bonds. The van der Waals surface area contributed by atoms with Crippen LogP contribution in [0.2, 0.25) is 0 Å². The van der Waals surface area contributed by atoms with E-state index in [0.29, 0.717) is 19.5 Å². The van der Waals surface area contributed by atoms with Gasteiger partial charge in [0.15, 0.2) is 6.29 Å². The third-order valence-electron chi connectivity index (χ3n) is 11.2. The second-order valence-corrected chi connectivity index (χ2v) is 16.3. The Balaban J connectivity index is 0.998. The van der Waals surface area contributed by atoms with Crippen LogP contribution in [-0.2, 0) is 32.2 Å². The van der Waals surface area contributed by atoms with Gasteiger partial charge in [0.05, 0.1) is 18.8 Å². The van der Waals surface area contributed by atoms with Crippen LogP contribution in [0.25, 0.3) is 0 Å². The van der Waals surface area contributed by atoms with Crippen LogP contribution in [0, 0.1) is 17.8 Å². The van der Waals surface area contributed by atoms with Crippen molar-refractivity contribution in [1.29, 1.82) is 0 Å². The second-order valence-electron chi connectivity index (χ2n) is 16.3. The summed E-state index contributed by atoms with van der Waals surface area (Å²) in [7, 11) is 0. The molecule has 0 aromatic heterocycles. The third-order valence-corrected chi connectivity index (χ3v) is 11.2. The highest BCUT2D eigenvalue weighted by molar-refractivity contribution is 5.76. The third kappa shape index (κ3) is 7.75. The van der Waals surface area contributed by atoms with Crippen molar-refractivity contribution in [3.05, 3.63) is 70.8 Å². The molecular formula is C39H53N3O6. The maximum absolute atomic E-state index is 13.1. The average Bonchev–Trinajstić information content (AvgIpc) is 3.50. The summed E-state index contributed by atoms with van der Waals surface area (Å²) in [6.07, 6.45) is 8.87. The highest BCUT2D eigenvalue weighted by Crippen LogP contribution is 2.55. The van der Waals surface area contributed by atoms with E-state index >= 15 is 0 Å². The topological polar surface area (TPSA) is 109 Å². The normalized spacial score (nSPS) is 33.0. The van der Waals surface area contributed by atoms with Crippen LogP contribution in [0.1, 0.15) is 113 Å². The summed E-state index contributed by atoms with van der Waals surface area (Å²) in [6.45, 7) is 7.59. The van der Waals surface area contributed by atoms with Crippen molar-refractivity contribution in [2.24, 2.45) is 17.8 Å². The van der Waals surface area contributed by atoms with Crippen LogP contribution in [0.4, 0.5) is 4.79 Å². The Bertz CT molecular complexity index is 1400. The van der Waals surface area contributed by atoms with Gasteiger partial charge in [0.1, 0.15) is 11.6 Å². The standard InChI is InChI=1S/C39H53N3O6/c1-38(2,3)48-35(44)33-5-4-14-42(33)23-32-18-34(30-10-8-26(24-43)9-11-30)47-36(46-32)31-12-6-25(7-13-31)22-40-37(45)41-39-19-27-15-28(20-39)17-29(16-27)21-39/h6-13,27-29,32-34,36,43H,4-5,14-24H2,1-3H3,(H2,40,41,45)/t27?,28?,29?,32-,33-,34+,36+,39?/m0/s1. The van der Waals surface area contributed by atoms with Gasteiger partial charge in [-0.15, -0.1) is 0 Å². The van der Waals surface area contributed by atoms with Crippen LogP contribution < -0.4 is 10.6 Å². The number of hydrogen-bond donors (Lipinski definition) is 3. The van der Waals surface area contributed by atoms with Gasteiger partial charge in [-0.25, -0.2) is 4.79 Å². The number of aliphatic hydroxyl groups is 1. The zero-order valence-corrected chi connectivity index (χ0v) is 28.8. The van der Waals surface area contributed by atoms with E-state index in [0.717, 1.165) is 78.7 Å². The minimum Gasteiger partial charge on any atom is -0.459 e. The maximum Gasteiger partial charge on any atom is 0.323 e. The van der Waals surface area contributed by atoms with Gasteiger partial charge in [-0.2, -0.15) is 0 Å². The highest BCUT2D eigenvalue weighted by atomic mass is 16.7. The first-order valence-corrected chi connectivity index (χ1v) is 18.2. The summed E-state index contributed by atoms with van der Waals surface area (Å²) >= 11 is 0. The molecule has 0 spiro atoms. The quantitative estimate of drug-likeness (QED) is 0.271. The summed E-state index contributed by atoms with van der Waals surface area (Å²) in [5.41, 5.74) is 3.26. The Labute approximate surface area is 285 Å². The summed E-state index contributed by atoms with van der Waals surface area (Å²) < 4.78 is 18.9. The van der Waals surface area contributed by atoms with Crippen molar-refractivity contribution in [2.75, 3.05) is 13.1 Å². The molecule has 4 atom stereocenters. The smallest absolute Gasteiger partial charge is 0.323 e. The lowest BCUT2D eigenvalue weighted by molar-refractivity contribution is -0.253. The summed E-state index contributed by atoms with van der Waals surface area (Å²) in [5, 5.41) is 16.1. The molecule has 6 fully saturated rings. The second kappa shape index (κ2) is 13.7. The van der Waals surface area contributed by atoms with Crippen molar-refractivity contribution >= 4 is 12.0 Å². The summed E-state index contributed by atoms with van der Waals surface area (Å²) in [4.78, 5) is 28.3. The van der Waals surface area contributed by atoms with E-state index in [1.807, 2.05) is 69.3 Å². The molecule has 260 valence electrons. The molecule has 9 heteroatoms. The molecule has 4 aliphatic carbocycles. The number of rotatable bonds is 9. The molecule has 48 heavy (non-hydrogen) atoms. The van der Waals surface area contributed by atoms with Gasteiger partial charge >= 0.3 is 12.0 Å². The molecule has 2 heterocycles. The molecule has 2 aromatic carbocycles. The molecule has 4 bridgehead atoms. The van der Waals surface area contributed by atoms with Crippen molar-refractivity contribution < 1.29 is 28.9 Å². The van der Waals surface area contributed by atoms with E-state index < -0.39 is 11.9 Å². The van der Waals surface area contributed by atoms with E-state index in [-0.39, 0.29) is 42.4 Å². The van der Waals surface area contributed by atoms with E-state index in [1.165, 1.54) is 19.3 Å². The number of nitrogens with one attached hydrogen (secondary N) is 2. The van der Waals surface area contributed by atoms with Crippen LogP contribution in [0.15, 0.2) is 48.5 Å². The maximum atomic E-state index is 13.1. The largest absolute Gasteiger partial charge is 0.459 e. The lowest BCUT2D eigenvalue weighted by atomic mass is 9.53. The van der Waals surface area contributed by atoms with E-state index in [1.54, 1.807) is 0 Å². The fraction of sp³-hybridized carbons (Fsp3) is 0.641. The van der Waals surface area contributed by atoms with Crippen molar-refractivity contribution in [2.45, 2.75) is 127 Å². The molecular weight excluding hydrogens is 606 g/mol. The zero-order chi connectivity index (χ0) is 33.5. The Hall–Kier alpha value is -2.98. The van der Waals surface area contributed by atoms with Gasteiger partial charge in [0.25, 0.3) is 0 Å².